The van der Waals surface area contributed by atoms with Crippen LogP contribution in [0.5, 0.6) is 5.75 Å². The van der Waals surface area contributed by atoms with Gasteiger partial charge in [0.25, 0.3) is 0 Å². The molecule has 2 aromatic rings. The van der Waals surface area contributed by atoms with Crippen molar-refractivity contribution in [3.63, 3.8) is 0 Å². The maximum absolute atomic E-state index is 5.49. The molecular formula is C17H25N3O. The summed E-state index contributed by atoms with van der Waals surface area (Å²) in [6.07, 6.45) is 2.90. The van der Waals surface area contributed by atoms with E-state index < -0.39 is 0 Å². The Morgan fingerprint density at radius 1 is 1.24 bits per heavy atom. The number of nitrogens with one attached hydrogen (secondary N) is 1. The number of benzene rings is 1. The minimum absolute atomic E-state index is 0.210. The number of hydrogen-bond donors (Lipinski definition) is 1. The fraction of sp³-hybridized carbons (Fsp3) is 0.471. The van der Waals surface area contributed by atoms with Gasteiger partial charge in [0.05, 0.1) is 12.8 Å². The van der Waals surface area contributed by atoms with Crippen LogP contribution in [0.15, 0.2) is 36.5 Å². The molecule has 2 rings (SSSR count). The van der Waals surface area contributed by atoms with E-state index in [1.807, 2.05) is 23.0 Å². The van der Waals surface area contributed by atoms with Crippen LogP contribution in [0.4, 0.5) is 0 Å². The van der Waals surface area contributed by atoms with Crippen LogP contribution in [0, 0.1) is 0 Å². The van der Waals surface area contributed by atoms with Crippen molar-refractivity contribution in [3.8, 4) is 5.75 Å². The molecular weight excluding hydrogens is 262 g/mol. The highest BCUT2D eigenvalue weighted by Crippen LogP contribution is 2.27. The van der Waals surface area contributed by atoms with E-state index in [0.717, 1.165) is 24.4 Å². The van der Waals surface area contributed by atoms with Crippen molar-refractivity contribution in [3.05, 3.63) is 47.8 Å². The van der Waals surface area contributed by atoms with E-state index in [1.54, 1.807) is 7.11 Å². The van der Waals surface area contributed by atoms with Crippen LogP contribution in [0.1, 0.15) is 44.1 Å². The van der Waals surface area contributed by atoms with Crippen LogP contribution in [0.2, 0.25) is 0 Å². The van der Waals surface area contributed by atoms with Crippen molar-refractivity contribution in [2.45, 2.75) is 39.3 Å². The summed E-state index contributed by atoms with van der Waals surface area (Å²) in [6, 6.07) is 10.9. The molecule has 1 aromatic carbocycles. The number of likely N-dealkylation sites (N-methyl/N-ethyl adjacent to an activating group) is 1. The van der Waals surface area contributed by atoms with Gasteiger partial charge in [-0.15, -0.1) is 0 Å². The van der Waals surface area contributed by atoms with Gasteiger partial charge < -0.3 is 10.1 Å². The Morgan fingerprint density at radius 2 is 2.00 bits per heavy atom. The Bertz CT molecular complexity index is 563. The fourth-order valence-corrected chi connectivity index (χ4v) is 2.48. The summed E-state index contributed by atoms with van der Waals surface area (Å²) in [5.41, 5.74) is 2.28. The number of hydrogen-bond acceptors (Lipinski definition) is 3. The van der Waals surface area contributed by atoms with Crippen molar-refractivity contribution in [1.82, 2.24) is 15.1 Å². The van der Waals surface area contributed by atoms with E-state index >= 15 is 0 Å². The third-order valence-electron chi connectivity index (χ3n) is 3.57. The SMILES string of the molecule is CCNC(Cc1ccn(C(C)C)n1)c1ccccc1OC. The molecule has 0 radical (unpaired) electrons. The second kappa shape index (κ2) is 7.27. The van der Waals surface area contributed by atoms with Gasteiger partial charge in [-0.2, -0.15) is 5.10 Å². The highest BCUT2D eigenvalue weighted by molar-refractivity contribution is 5.36. The molecule has 114 valence electrons. The fourth-order valence-electron chi connectivity index (χ4n) is 2.48. The maximum atomic E-state index is 5.49. The summed E-state index contributed by atoms with van der Waals surface area (Å²) >= 11 is 0. The molecule has 0 aliphatic heterocycles. The van der Waals surface area contributed by atoms with Crippen molar-refractivity contribution in [1.29, 1.82) is 0 Å². The van der Waals surface area contributed by atoms with Crippen molar-refractivity contribution in [2.24, 2.45) is 0 Å². The van der Waals surface area contributed by atoms with E-state index in [-0.39, 0.29) is 6.04 Å². The molecule has 1 heterocycles. The van der Waals surface area contributed by atoms with Crippen LogP contribution >= 0.6 is 0 Å². The van der Waals surface area contributed by atoms with Crippen LogP contribution in [0.3, 0.4) is 0 Å². The van der Waals surface area contributed by atoms with Gasteiger partial charge in [0.15, 0.2) is 0 Å². The number of aromatic nitrogens is 2. The van der Waals surface area contributed by atoms with Gasteiger partial charge >= 0.3 is 0 Å². The minimum atomic E-state index is 0.210. The van der Waals surface area contributed by atoms with Crippen molar-refractivity contribution in [2.75, 3.05) is 13.7 Å². The van der Waals surface area contributed by atoms with E-state index in [4.69, 9.17) is 4.74 Å². The molecule has 4 nitrogen and oxygen atoms in total. The summed E-state index contributed by atoms with van der Waals surface area (Å²) < 4.78 is 7.49. The van der Waals surface area contributed by atoms with Crippen LogP contribution in [-0.4, -0.2) is 23.4 Å². The van der Waals surface area contributed by atoms with Crippen LogP contribution in [0.25, 0.3) is 0 Å². The van der Waals surface area contributed by atoms with E-state index in [1.165, 1.54) is 5.56 Å². The third-order valence-corrected chi connectivity index (χ3v) is 3.57. The van der Waals surface area contributed by atoms with E-state index in [2.05, 4.69) is 49.4 Å². The summed E-state index contributed by atoms with van der Waals surface area (Å²) in [5, 5.41) is 8.18. The van der Waals surface area contributed by atoms with Crippen LogP contribution in [-0.2, 0) is 6.42 Å². The molecule has 1 atom stereocenters. The quantitative estimate of drug-likeness (QED) is 0.848. The zero-order valence-corrected chi connectivity index (χ0v) is 13.3. The van der Waals surface area contributed by atoms with Gasteiger partial charge in [0.1, 0.15) is 5.75 Å². The lowest BCUT2D eigenvalue weighted by atomic mass is 10.0. The summed E-state index contributed by atoms with van der Waals surface area (Å²) in [4.78, 5) is 0. The molecule has 1 unspecified atom stereocenters. The number of methoxy groups -OCH3 is 1. The van der Waals surface area contributed by atoms with Gasteiger partial charge in [0.2, 0.25) is 0 Å². The molecule has 21 heavy (non-hydrogen) atoms. The Kier molecular flexibility index (Phi) is 5.39. The number of rotatable bonds is 7. The second-order valence-corrected chi connectivity index (χ2v) is 5.44. The highest BCUT2D eigenvalue weighted by Gasteiger charge is 2.17. The predicted molar refractivity (Wildman–Crippen MR) is 85.7 cm³/mol. The first-order chi connectivity index (χ1) is 10.2. The van der Waals surface area contributed by atoms with Crippen molar-refractivity contribution >= 4 is 0 Å². The summed E-state index contributed by atoms with van der Waals surface area (Å²) in [5.74, 6) is 0.923. The molecule has 0 saturated carbocycles. The molecule has 0 bridgehead atoms. The first kappa shape index (κ1) is 15.6. The molecule has 4 heteroatoms. The third kappa shape index (κ3) is 3.85. The van der Waals surface area contributed by atoms with Gasteiger partial charge in [-0.25, -0.2) is 0 Å². The van der Waals surface area contributed by atoms with Crippen molar-refractivity contribution < 1.29 is 4.74 Å². The van der Waals surface area contributed by atoms with E-state index in [0.29, 0.717) is 6.04 Å². The largest absolute Gasteiger partial charge is 0.496 e. The molecule has 0 amide bonds. The van der Waals surface area contributed by atoms with E-state index in [9.17, 15) is 0 Å². The Hall–Kier alpha value is -1.81. The summed E-state index contributed by atoms with van der Waals surface area (Å²) in [6.45, 7) is 7.31. The van der Waals surface area contributed by atoms with Gasteiger partial charge in [-0.05, 0) is 32.5 Å². The molecule has 0 aliphatic carbocycles. The predicted octanol–water partition coefficient (Wildman–Crippen LogP) is 3.37. The average molecular weight is 287 g/mol. The second-order valence-electron chi connectivity index (χ2n) is 5.44. The van der Waals surface area contributed by atoms with Crippen LogP contribution < -0.4 is 10.1 Å². The normalized spacial score (nSPS) is 12.6. The maximum Gasteiger partial charge on any atom is 0.123 e. The molecule has 0 saturated heterocycles. The molecule has 1 N–H and O–H groups in total. The first-order valence-corrected chi connectivity index (χ1v) is 7.56. The Morgan fingerprint density at radius 3 is 2.62 bits per heavy atom. The lowest BCUT2D eigenvalue weighted by Crippen LogP contribution is -2.23. The Balaban J connectivity index is 2.22. The number of ether oxygens (including phenoxy) is 1. The average Bonchev–Trinajstić information content (AvgIpc) is 2.95. The molecule has 0 aliphatic rings. The Labute approximate surface area is 127 Å². The topological polar surface area (TPSA) is 39.1 Å². The minimum Gasteiger partial charge on any atom is -0.496 e. The standard InChI is InChI=1S/C17H25N3O/c1-5-18-16(15-8-6-7-9-17(15)21-4)12-14-10-11-20(19-14)13(2)3/h6-11,13,16,18H,5,12H2,1-4H3. The molecule has 0 fully saturated rings. The molecule has 0 spiro atoms. The van der Waals surface area contributed by atoms with Gasteiger partial charge in [-0.1, -0.05) is 25.1 Å². The zero-order valence-electron chi connectivity index (χ0n) is 13.3. The first-order valence-electron chi connectivity index (χ1n) is 7.56. The number of para-hydroxylation sites is 1. The zero-order chi connectivity index (χ0) is 15.2. The lowest BCUT2D eigenvalue weighted by molar-refractivity contribution is 0.398. The van der Waals surface area contributed by atoms with Gasteiger partial charge in [0, 0.05) is 30.3 Å². The number of nitrogens with zero attached hydrogens (tertiary/aromatic N) is 2. The monoisotopic (exact) mass is 287 g/mol. The smallest absolute Gasteiger partial charge is 0.123 e. The highest BCUT2D eigenvalue weighted by atomic mass is 16.5. The molecule has 1 aromatic heterocycles. The van der Waals surface area contributed by atoms with Gasteiger partial charge in [-0.3, -0.25) is 4.68 Å². The lowest BCUT2D eigenvalue weighted by Gasteiger charge is -2.20. The summed E-state index contributed by atoms with van der Waals surface area (Å²) in [7, 11) is 1.72.